The predicted molar refractivity (Wildman–Crippen MR) is 73.6 cm³/mol. The number of hydrogen-bond acceptors (Lipinski definition) is 0. The highest BCUT2D eigenvalue weighted by atomic mass is 79.9. The molecule has 0 amide bonds. The summed E-state index contributed by atoms with van der Waals surface area (Å²) < 4.78 is 1.19. The first-order valence-corrected chi connectivity index (χ1v) is 9.52. The van der Waals surface area contributed by atoms with Crippen molar-refractivity contribution in [3.05, 3.63) is 34.3 Å². The lowest BCUT2D eigenvalue weighted by molar-refractivity contribution is 1.02. The van der Waals surface area contributed by atoms with E-state index in [0.29, 0.717) is 0 Å². The molecule has 0 saturated heterocycles. The van der Waals surface area contributed by atoms with Crippen LogP contribution in [0, 0.1) is 11.5 Å². The average molecular weight is 281 g/mol. The van der Waals surface area contributed by atoms with Crippen LogP contribution in [0.15, 0.2) is 28.7 Å². The molecular weight excluding hydrogens is 264 g/mol. The van der Waals surface area contributed by atoms with E-state index in [9.17, 15) is 0 Å². The molecule has 0 fully saturated rings. The topological polar surface area (TPSA) is 0 Å². The van der Waals surface area contributed by atoms with Crippen molar-refractivity contribution in [1.82, 2.24) is 0 Å². The van der Waals surface area contributed by atoms with E-state index < -0.39 is 8.07 Å². The third-order valence-corrected chi connectivity index (χ3v) is 3.64. The van der Waals surface area contributed by atoms with Gasteiger partial charge in [0, 0.05) is 10.9 Å². The van der Waals surface area contributed by atoms with Crippen molar-refractivity contribution >= 4 is 24.0 Å². The van der Waals surface area contributed by atoms with Crippen LogP contribution in [-0.4, -0.2) is 8.07 Å². The number of halogens is 1. The fraction of sp³-hybridized carbons (Fsp3) is 0.385. The summed E-state index contributed by atoms with van der Waals surface area (Å²) in [6.45, 7) is 6.83. The lowest BCUT2D eigenvalue weighted by Gasteiger charge is -2.04. The number of hydrogen-bond donors (Lipinski definition) is 0. The molecule has 0 aliphatic carbocycles. The van der Waals surface area contributed by atoms with Gasteiger partial charge >= 0.3 is 0 Å². The van der Waals surface area contributed by atoms with Crippen molar-refractivity contribution in [3.8, 4) is 11.5 Å². The van der Waals surface area contributed by atoms with E-state index in [1.54, 1.807) is 0 Å². The Hall–Kier alpha value is -0.523. The Labute approximate surface area is 102 Å². The zero-order valence-corrected chi connectivity index (χ0v) is 12.2. The monoisotopic (exact) mass is 280 g/mol. The van der Waals surface area contributed by atoms with Crippen LogP contribution in [0.4, 0.5) is 0 Å². The van der Waals surface area contributed by atoms with E-state index in [-0.39, 0.29) is 0 Å². The summed E-state index contributed by atoms with van der Waals surface area (Å²) in [5.41, 5.74) is 4.73. The van der Waals surface area contributed by atoms with Gasteiger partial charge in [0.05, 0.1) is 0 Å². The molecule has 0 aliphatic rings. The normalized spacial score (nSPS) is 10.7. The molecule has 0 bridgehead atoms. The van der Waals surface area contributed by atoms with Crippen LogP contribution >= 0.6 is 15.9 Å². The molecule has 0 unspecified atom stereocenters. The molecule has 0 aliphatic heterocycles. The highest BCUT2D eigenvalue weighted by Crippen LogP contribution is 2.17. The summed E-state index contributed by atoms with van der Waals surface area (Å²) in [6, 6.07) is 8.36. The minimum atomic E-state index is -1.18. The van der Waals surface area contributed by atoms with Crippen LogP contribution in [0.1, 0.15) is 12.0 Å². The largest absolute Gasteiger partial charge is 0.132 e. The molecule has 0 saturated carbocycles. The fourth-order valence-electron chi connectivity index (χ4n) is 1.23. The molecule has 15 heavy (non-hydrogen) atoms. The maximum Gasteiger partial charge on any atom is 0.129 e. The van der Waals surface area contributed by atoms with Gasteiger partial charge in [-0.25, -0.2) is 0 Å². The summed E-state index contributed by atoms with van der Waals surface area (Å²) in [5.74, 6) is 3.29. The van der Waals surface area contributed by atoms with Gasteiger partial charge in [0.1, 0.15) is 8.07 Å². The first-order chi connectivity index (χ1) is 6.99. The molecule has 0 nitrogen and oxygen atoms in total. The van der Waals surface area contributed by atoms with Gasteiger partial charge in [-0.3, -0.25) is 0 Å². The third-order valence-electron chi connectivity index (χ3n) is 1.94. The quantitative estimate of drug-likeness (QED) is 0.561. The summed E-state index contributed by atoms with van der Waals surface area (Å²) in [7, 11) is -1.18. The highest BCUT2D eigenvalue weighted by Gasteiger charge is 2.06. The Bertz CT molecular complexity index is 380. The number of benzene rings is 1. The Morgan fingerprint density at radius 2 is 1.87 bits per heavy atom. The maximum absolute atomic E-state index is 3.55. The Kier molecular flexibility index (Phi) is 4.63. The van der Waals surface area contributed by atoms with E-state index in [1.165, 1.54) is 10.0 Å². The first kappa shape index (κ1) is 12.5. The van der Waals surface area contributed by atoms with Crippen molar-refractivity contribution in [2.45, 2.75) is 32.5 Å². The van der Waals surface area contributed by atoms with Crippen molar-refractivity contribution in [3.63, 3.8) is 0 Å². The van der Waals surface area contributed by atoms with Crippen LogP contribution < -0.4 is 0 Å². The lowest BCUT2D eigenvalue weighted by Crippen LogP contribution is -2.16. The lowest BCUT2D eigenvalue weighted by atomic mass is 10.1. The van der Waals surface area contributed by atoms with E-state index >= 15 is 0 Å². The number of rotatable bonds is 2. The van der Waals surface area contributed by atoms with Gasteiger partial charge in [0.2, 0.25) is 0 Å². The predicted octanol–water partition coefficient (Wildman–Crippen LogP) is 4.26. The summed E-state index contributed by atoms with van der Waals surface area (Å²) >= 11 is 3.55. The van der Waals surface area contributed by atoms with Crippen LogP contribution in [-0.2, 0) is 6.42 Å². The Balaban J connectivity index is 2.51. The molecule has 0 heterocycles. The number of aryl methyl sites for hydroxylation is 1. The first-order valence-electron chi connectivity index (χ1n) is 5.22. The third kappa shape index (κ3) is 5.20. The van der Waals surface area contributed by atoms with Gasteiger partial charge in [-0.15, -0.1) is 11.5 Å². The van der Waals surface area contributed by atoms with Crippen molar-refractivity contribution in [2.75, 3.05) is 0 Å². The average Bonchev–Trinajstić information content (AvgIpc) is 2.13. The SMILES string of the molecule is C[Si](C)(C)C#CCCc1ccccc1Br. The summed E-state index contributed by atoms with van der Waals surface area (Å²) in [6.07, 6.45) is 2.01. The van der Waals surface area contributed by atoms with Crippen molar-refractivity contribution < 1.29 is 0 Å². The maximum atomic E-state index is 3.55. The second-order valence-corrected chi connectivity index (χ2v) is 10.2. The van der Waals surface area contributed by atoms with Crippen molar-refractivity contribution in [2.24, 2.45) is 0 Å². The van der Waals surface area contributed by atoms with Gasteiger partial charge in [-0.2, -0.15) is 0 Å². The van der Waals surface area contributed by atoms with E-state index in [0.717, 1.165) is 12.8 Å². The molecule has 0 radical (unpaired) electrons. The second kappa shape index (κ2) is 5.53. The van der Waals surface area contributed by atoms with Gasteiger partial charge in [-0.05, 0) is 18.1 Å². The van der Waals surface area contributed by atoms with Gasteiger partial charge in [-0.1, -0.05) is 53.8 Å². The Morgan fingerprint density at radius 1 is 1.20 bits per heavy atom. The molecule has 1 aromatic carbocycles. The molecule has 0 aromatic heterocycles. The van der Waals surface area contributed by atoms with Crippen LogP contribution in [0.2, 0.25) is 19.6 Å². The van der Waals surface area contributed by atoms with Crippen LogP contribution in [0.3, 0.4) is 0 Å². The molecule has 0 atom stereocenters. The molecule has 0 N–H and O–H groups in total. The molecule has 2 heteroatoms. The minimum Gasteiger partial charge on any atom is -0.132 e. The summed E-state index contributed by atoms with van der Waals surface area (Å²) in [4.78, 5) is 0. The molecule has 1 aromatic rings. The van der Waals surface area contributed by atoms with Gasteiger partial charge in [0.15, 0.2) is 0 Å². The van der Waals surface area contributed by atoms with E-state index in [1.807, 2.05) is 6.07 Å². The van der Waals surface area contributed by atoms with Gasteiger partial charge in [0.25, 0.3) is 0 Å². The highest BCUT2D eigenvalue weighted by molar-refractivity contribution is 9.10. The zero-order chi connectivity index (χ0) is 11.3. The molecule has 1 rings (SSSR count). The standard InChI is InChI=1S/C13H17BrSi/c1-15(2,3)11-7-6-9-12-8-4-5-10-13(12)14/h4-5,8,10H,6,9H2,1-3H3. The minimum absolute atomic E-state index is 0.965. The van der Waals surface area contributed by atoms with Crippen LogP contribution in [0.25, 0.3) is 0 Å². The Morgan fingerprint density at radius 3 is 2.47 bits per heavy atom. The van der Waals surface area contributed by atoms with Gasteiger partial charge < -0.3 is 0 Å². The second-order valence-electron chi connectivity index (χ2n) is 4.64. The van der Waals surface area contributed by atoms with Crippen molar-refractivity contribution in [1.29, 1.82) is 0 Å². The van der Waals surface area contributed by atoms with E-state index in [4.69, 9.17) is 0 Å². The molecule has 0 spiro atoms. The van der Waals surface area contributed by atoms with E-state index in [2.05, 4.69) is 65.2 Å². The van der Waals surface area contributed by atoms with Crippen LogP contribution in [0.5, 0.6) is 0 Å². The summed E-state index contributed by atoms with van der Waals surface area (Å²) in [5, 5.41) is 0. The molecule has 80 valence electrons. The molecular formula is C13H17BrSi. The smallest absolute Gasteiger partial charge is 0.129 e. The fourth-order valence-corrected chi connectivity index (χ4v) is 2.36. The zero-order valence-electron chi connectivity index (χ0n) is 9.60.